The van der Waals surface area contributed by atoms with E-state index in [-0.39, 0.29) is 16.2 Å². The molecule has 1 N–H and O–H groups in total. The van der Waals surface area contributed by atoms with E-state index in [1.54, 1.807) is 6.07 Å². The predicted octanol–water partition coefficient (Wildman–Crippen LogP) is 4.21. The number of esters is 1. The number of H-pyrrole nitrogens is 1. The summed E-state index contributed by atoms with van der Waals surface area (Å²) in [6.07, 6.45) is 4.33. The number of ether oxygens (including phenoxy) is 1. The van der Waals surface area contributed by atoms with E-state index in [9.17, 15) is 9.59 Å². The topological polar surface area (TPSA) is 68.4 Å². The van der Waals surface area contributed by atoms with Crippen LogP contribution in [0.15, 0.2) is 16.9 Å². The molecule has 5 nitrogen and oxygen atoms in total. The summed E-state index contributed by atoms with van der Waals surface area (Å²) in [5.74, 6) is -0.280. The average molecular weight is 366 g/mol. The molecular weight excluding hydrogens is 334 g/mol. The second-order valence-corrected chi connectivity index (χ2v) is 13.3. The highest BCUT2D eigenvalue weighted by molar-refractivity contribution is 6.74. The van der Waals surface area contributed by atoms with Crippen molar-refractivity contribution in [2.24, 2.45) is 0 Å². The van der Waals surface area contributed by atoms with Gasteiger partial charge in [0.15, 0.2) is 8.32 Å². The second-order valence-electron chi connectivity index (χ2n) is 8.50. The average Bonchev–Trinajstić information content (AvgIpc) is 2.53. The van der Waals surface area contributed by atoms with Crippen LogP contribution in [0.4, 0.5) is 0 Å². The molecule has 0 atom stereocenters. The molecule has 1 aromatic heterocycles. The number of rotatable bonds is 4. The van der Waals surface area contributed by atoms with E-state index in [0.717, 1.165) is 31.4 Å². The number of hydrogen-bond donors (Lipinski definition) is 1. The number of pyridine rings is 1. The maximum Gasteiger partial charge on any atom is 0.343 e. The third-order valence-electron chi connectivity index (χ3n) is 5.72. The van der Waals surface area contributed by atoms with E-state index in [2.05, 4.69) is 43.6 Å². The molecule has 0 unspecified atom stereocenters. The lowest BCUT2D eigenvalue weighted by Crippen LogP contribution is -2.44. The standard InChI is InChI=1S/C19H31NO4Si/c1-19(2,3)25(5,6)24-14-9-7-13(8-10-14)16-12-11-15(17(21)20-16)18(22)23-4/h11-14H,7-10H2,1-6H3,(H,20,21). The number of carbonyl (C=O) groups is 1. The van der Waals surface area contributed by atoms with Gasteiger partial charge in [-0.05, 0) is 61.9 Å². The lowest BCUT2D eigenvalue weighted by Gasteiger charge is -2.41. The van der Waals surface area contributed by atoms with Crippen LogP contribution in [-0.2, 0) is 9.16 Å². The summed E-state index contributed by atoms with van der Waals surface area (Å²) in [7, 11) is -0.459. The van der Waals surface area contributed by atoms with Crippen LogP contribution in [0.5, 0.6) is 0 Å². The van der Waals surface area contributed by atoms with Gasteiger partial charge in [0.25, 0.3) is 5.56 Å². The Bertz CT molecular complexity index is 667. The first-order valence-corrected chi connectivity index (χ1v) is 12.0. The van der Waals surface area contributed by atoms with Crippen LogP contribution in [0, 0.1) is 0 Å². The molecule has 6 heteroatoms. The Morgan fingerprint density at radius 3 is 2.24 bits per heavy atom. The fourth-order valence-corrected chi connectivity index (χ4v) is 4.51. The molecule has 0 aliphatic heterocycles. The molecule has 1 aliphatic carbocycles. The molecule has 140 valence electrons. The highest BCUT2D eigenvalue weighted by Crippen LogP contribution is 2.40. The summed E-state index contributed by atoms with van der Waals surface area (Å²) in [6.45, 7) is 11.4. The molecule has 1 fully saturated rings. The van der Waals surface area contributed by atoms with Gasteiger partial charge in [-0.15, -0.1) is 0 Å². The van der Waals surface area contributed by atoms with Crippen LogP contribution in [0.3, 0.4) is 0 Å². The molecule has 0 amide bonds. The van der Waals surface area contributed by atoms with Crippen LogP contribution < -0.4 is 5.56 Å². The Morgan fingerprint density at radius 1 is 1.16 bits per heavy atom. The first-order valence-electron chi connectivity index (χ1n) is 9.04. The molecule has 0 bridgehead atoms. The molecule has 1 aromatic rings. The van der Waals surface area contributed by atoms with E-state index in [4.69, 9.17) is 4.43 Å². The maximum atomic E-state index is 12.1. The van der Waals surface area contributed by atoms with Crippen molar-refractivity contribution in [1.82, 2.24) is 4.98 Å². The van der Waals surface area contributed by atoms with Gasteiger partial charge >= 0.3 is 5.97 Å². The van der Waals surface area contributed by atoms with E-state index < -0.39 is 14.3 Å². The summed E-state index contributed by atoms with van der Waals surface area (Å²) >= 11 is 0. The number of nitrogens with one attached hydrogen (secondary N) is 1. The Labute approximate surface area is 151 Å². The minimum atomic E-state index is -1.74. The third-order valence-corrected chi connectivity index (χ3v) is 10.3. The molecule has 2 rings (SSSR count). The van der Waals surface area contributed by atoms with Crippen molar-refractivity contribution >= 4 is 14.3 Å². The van der Waals surface area contributed by atoms with Crippen LogP contribution in [0.25, 0.3) is 0 Å². The highest BCUT2D eigenvalue weighted by atomic mass is 28.4. The number of carbonyl (C=O) groups excluding carboxylic acids is 1. The monoisotopic (exact) mass is 365 g/mol. The van der Waals surface area contributed by atoms with E-state index in [1.807, 2.05) is 6.07 Å². The van der Waals surface area contributed by atoms with Gasteiger partial charge < -0.3 is 14.1 Å². The quantitative estimate of drug-likeness (QED) is 0.641. The lowest BCUT2D eigenvalue weighted by atomic mass is 9.85. The summed E-state index contributed by atoms with van der Waals surface area (Å²) in [5.41, 5.74) is 0.591. The van der Waals surface area contributed by atoms with E-state index in [1.165, 1.54) is 7.11 Å². The number of methoxy groups -OCH3 is 1. The first kappa shape index (κ1) is 19.9. The zero-order chi connectivity index (χ0) is 18.8. The van der Waals surface area contributed by atoms with Crippen LogP contribution in [0.1, 0.15) is 68.4 Å². The molecular formula is C19H31NO4Si. The van der Waals surface area contributed by atoms with E-state index >= 15 is 0 Å². The van der Waals surface area contributed by atoms with Crippen molar-refractivity contribution in [3.05, 3.63) is 33.7 Å². The van der Waals surface area contributed by atoms with Gasteiger partial charge in [-0.2, -0.15) is 0 Å². The third kappa shape index (κ3) is 4.61. The van der Waals surface area contributed by atoms with Gasteiger partial charge in [0.05, 0.1) is 7.11 Å². The molecule has 1 saturated carbocycles. The Morgan fingerprint density at radius 2 is 1.76 bits per heavy atom. The highest BCUT2D eigenvalue weighted by Gasteiger charge is 2.39. The molecule has 0 aromatic carbocycles. The SMILES string of the molecule is COC(=O)c1ccc(C2CCC(O[Si](C)(C)C(C)(C)C)CC2)[nH]c1=O. The first-order chi connectivity index (χ1) is 11.5. The van der Waals surface area contributed by atoms with Crippen molar-refractivity contribution in [2.75, 3.05) is 7.11 Å². The molecule has 0 saturated heterocycles. The summed E-state index contributed by atoms with van der Waals surface area (Å²) < 4.78 is 11.1. The second kappa shape index (κ2) is 7.46. The predicted molar refractivity (Wildman–Crippen MR) is 102 cm³/mol. The van der Waals surface area contributed by atoms with Gasteiger partial charge in [-0.3, -0.25) is 4.79 Å². The fourth-order valence-electron chi connectivity index (χ4n) is 3.08. The lowest BCUT2D eigenvalue weighted by molar-refractivity contribution is 0.0598. The minimum Gasteiger partial charge on any atom is -0.465 e. The van der Waals surface area contributed by atoms with Gasteiger partial charge in [0.2, 0.25) is 0 Å². The molecule has 1 aliphatic rings. The van der Waals surface area contributed by atoms with Gasteiger partial charge in [0, 0.05) is 11.8 Å². The van der Waals surface area contributed by atoms with Crippen molar-refractivity contribution in [3.8, 4) is 0 Å². The normalized spacial score (nSPS) is 21.8. The summed E-state index contributed by atoms with van der Waals surface area (Å²) in [6, 6.07) is 3.41. The van der Waals surface area contributed by atoms with E-state index in [0.29, 0.717) is 12.0 Å². The summed E-state index contributed by atoms with van der Waals surface area (Å²) in [5, 5.41) is 0.221. The fraction of sp³-hybridized carbons (Fsp3) is 0.684. The number of hydrogen-bond acceptors (Lipinski definition) is 4. The Balaban J connectivity index is 2.00. The molecule has 25 heavy (non-hydrogen) atoms. The molecule has 0 spiro atoms. The molecule has 0 radical (unpaired) electrons. The summed E-state index contributed by atoms with van der Waals surface area (Å²) in [4.78, 5) is 26.5. The Hall–Kier alpha value is -1.40. The smallest absolute Gasteiger partial charge is 0.343 e. The van der Waals surface area contributed by atoms with Gasteiger partial charge in [-0.25, -0.2) is 4.79 Å². The van der Waals surface area contributed by atoms with Crippen LogP contribution in [-0.4, -0.2) is 32.5 Å². The number of aromatic nitrogens is 1. The number of aromatic amines is 1. The Kier molecular flexibility index (Phi) is 5.94. The maximum absolute atomic E-state index is 12.1. The van der Waals surface area contributed by atoms with Crippen LogP contribution in [0.2, 0.25) is 18.1 Å². The van der Waals surface area contributed by atoms with Crippen molar-refractivity contribution in [1.29, 1.82) is 0 Å². The van der Waals surface area contributed by atoms with Crippen molar-refractivity contribution in [3.63, 3.8) is 0 Å². The minimum absolute atomic E-state index is 0.0567. The van der Waals surface area contributed by atoms with Crippen molar-refractivity contribution in [2.45, 2.75) is 76.6 Å². The van der Waals surface area contributed by atoms with Crippen LogP contribution >= 0.6 is 0 Å². The van der Waals surface area contributed by atoms with Gasteiger partial charge in [-0.1, -0.05) is 20.8 Å². The van der Waals surface area contributed by atoms with Gasteiger partial charge in [0.1, 0.15) is 5.56 Å². The van der Waals surface area contributed by atoms with Crippen molar-refractivity contribution < 1.29 is 14.0 Å². The zero-order valence-electron chi connectivity index (χ0n) is 16.3. The largest absolute Gasteiger partial charge is 0.465 e. The molecule has 1 heterocycles. The zero-order valence-corrected chi connectivity index (χ0v) is 17.3.